The van der Waals surface area contributed by atoms with Gasteiger partial charge in [0.25, 0.3) is 11.5 Å². The number of H-pyrrole nitrogens is 1. The number of hydrogen-bond acceptors (Lipinski definition) is 6. The number of methoxy groups -OCH3 is 1. The molecule has 10 heteroatoms. The van der Waals surface area contributed by atoms with Crippen LogP contribution in [0.5, 0.6) is 5.75 Å². The van der Waals surface area contributed by atoms with Crippen LogP contribution in [0.3, 0.4) is 0 Å². The van der Waals surface area contributed by atoms with Gasteiger partial charge in [-0.15, -0.1) is 0 Å². The Bertz CT molecular complexity index is 1390. The third-order valence-corrected chi connectivity index (χ3v) is 5.62. The van der Waals surface area contributed by atoms with Crippen LogP contribution in [0.1, 0.15) is 41.3 Å². The van der Waals surface area contributed by atoms with E-state index in [0.717, 1.165) is 6.42 Å². The number of nitrogens with one attached hydrogen (secondary N) is 1. The summed E-state index contributed by atoms with van der Waals surface area (Å²) >= 11 is 0. The first kappa shape index (κ1) is 26.0. The number of anilines is 2. The number of carbonyl (C=O) groups is 2. The van der Waals surface area contributed by atoms with Crippen molar-refractivity contribution in [2.45, 2.75) is 32.9 Å². The molecule has 10 nitrogen and oxygen atoms in total. The summed E-state index contributed by atoms with van der Waals surface area (Å²) in [7, 11) is 1.51. The molecular formula is C26H29N5O5. The number of carbonyl (C=O) groups excluding carboxylic acids is 2. The molecule has 0 aliphatic carbocycles. The largest absolute Gasteiger partial charge is 0.496 e. The van der Waals surface area contributed by atoms with Gasteiger partial charge >= 0.3 is 5.69 Å². The van der Waals surface area contributed by atoms with Crippen molar-refractivity contribution in [2.75, 3.05) is 17.7 Å². The van der Waals surface area contributed by atoms with Crippen LogP contribution < -0.4 is 32.4 Å². The van der Waals surface area contributed by atoms with Crippen molar-refractivity contribution in [3.05, 3.63) is 92.1 Å². The summed E-state index contributed by atoms with van der Waals surface area (Å²) in [5.74, 6) is -0.675. The Morgan fingerprint density at radius 1 is 1.11 bits per heavy atom. The molecule has 0 atom stereocenters. The van der Waals surface area contributed by atoms with Crippen molar-refractivity contribution < 1.29 is 14.3 Å². The van der Waals surface area contributed by atoms with E-state index in [9.17, 15) is 19.2 Å². The summed E-state index contributed by atoms with van der Waals surface area (Å²) < 4.78 is 6.67. The fourth-order valence-electron chi connectivity index (χ4n) is 3.66. The average Bonchev–Trinajstić information content (AvgIpc) is 2.86. The Kier molecular flexibility index (Phi) is 8.45. The Morgan fingerprint density at radius 2 is 1.81 bits per heavy atom. The van der Waals surface area contributed by atoms with Crippen LogP contribution >= 0.6 is 0 Å². The molecule has 3 aromatic rings. The molecule has 0 bridgehead atoms. The number of ether oxygens (including phenoxy) is 1. The number of benzene rings is 2. The summed E-state index contributed by atoms with van der Waals surface area (Å²) in [5.41, 5.74) is 11.6. The lowest BCUT2D eigenvalue weighted by atomic mass is 10.1. The molecule has 3 rings (SSSR count). The second kappa shape index (κ2) is 11.7. The number of nitrogens with zero attached hydrogens (tertiary/aromatic N) is 2. The number of primary amides is 1. The molecule has 0 radical (unpaired) electrons. The molecule has 1 aromatic heterocycles. The number of hydrogen-bond donors (Lipinski definition) is 3. The van der Waals surface area contributed by atoms with Gasteiger partial charge in [-0.25, -0.2) is 4.79 Å². The van der Waals surface area contributed by atoms with Gasteiger partial charge in [0, 0.05) is 23.7 Å². The minimum Gasteiger partial charge on any atom is -0.496 e. The Hall–Kier alpha value is -4.60. The maximum Gasteiger partial charge on any atom is 0.330 e. The van der Waals surface area contributed by atoms with Gasteiger partial charge in [0.05, 0.1) is 13.7 Å². The molecule has 0 aliphatic heterocycles. The smallest absolute Gasteiger partial charge is 0.330 e. The minimum absolute atomic E-state index is 0.0347. The summed E-state index contributed by atoms with van der Waals surface area (Å²) in [6.45, 7) is 2.23. The first-order valence-electron chi connectivity index (χ1n) is 11.4. The molecular weight excluding hydrogens is 462 g/mol. The third kappa shape index (κ3) is 5.90. The maximum atomic E-state index is 13.4. The number of aromatic nitrogens is 2. The van der Waals surface area contributed by atoms with E-state index in [4.69, 9.17) is 16.2 Å². The highest BCUT2D eigenvalue weighted by Gasteiger charge is 2.24. The average molecular weight is 492 g/mol. The summed E-state index contributed by atoms with van der Waals surface area (Å²) in [6, 6.07) is 13.5. The number of nitrogen functional groups attached to an aromatic ring is 1. The monoisotopic (exact) mass is 491 g/mol. The van der Waals surface area contributed by atoms with Crippen LogP contribution in [0.25, 0.3) is 6.08 Å². The van der Waals surface area contributed by atoms with Crippen molar-refractivity contribution >= 4 is 29.4 Å². The van der Waals surface area contributed by atoms with Crippen molar-refractivity contribution in [3.63, 3.8) is 0 Å². The second-order valence-electron chi connectivity index (χ2n) is 8.05. The summed E-state index contributed by atoms with van der Waals surface area (Å²) in [5, 5.41) is 0. The van der Waals surface area contributed by atoms with Gasteiger partial charge in [-0.1, -0.05) is 43.7 Å². The zero-order chi connectivity index (χ0) is 26.2. The number of aromatic amines is 1. The van der Waals surface area contributed by atoms with Crippen molar-refractivity contribution in [3.8, 4) is 5.75 Å². The topological polar surface area (TPSA) is 154 Å². The molecule has 5 N–H and O–H groups in total. The predicted octanol–water partition coefficient (Wildman–Crippen LogP) is 2.27. The fraction of sp³-hybridized carbons (Fsp3) is 0.231. The third-order valence-electron chi connectivity index (χ3n) is 5.62. The highest BCUT2D eigenvalue weighted by Crippen LogP contribution is 2.25. The van der Waals surface area contributed by atoms with Crippen molar-refractivity contribution in [1.82, 2.24) is 9.55 Å². The lowest BCUT2D eigenvalue weighted by Crippen LogP contribution is -2.40. The van der Waals surface area contributed by atoms with Gasteiger partial charge in [0.2, 0.25) is 5.91 Å². The number of rotatable bonds is 10. The minimum atomic E-state index is -0.771. The van der Waals surface area contributed by atoms with E-state index in [1.54, 1.807) is 54.6 Å². The molecule has 0 aliphatic rings. The van der Waals surface area contributed by atoms with E-state index in [1.807, 2.05) is 6.92 Å². The molecule has 2 amide bonds. The number of unbranched alkanes of at least 4 members (excludes halogenated alkanes) is 1. The van der Waals surface area contributed by atoms with Crippen LogP contribution in [0.4, 0.5) is 11.5 Å². The number of nitrogens with two attached hydrogens (primary N) is 2. The SMILES string of the molecule is CCCCn1c(N)c(N(Cc2ccccc2OC)C(=O)/C=C/c2ccc(C(N)=O)cc2)c(=O)[nH]c1=O. The molecule has 0 saturated heterocycles. The van der Waals surface area contributed by atoms with Crippen LogP contribution in [0.2, 0.25) is 0 Å². The van der Waals surface area contributed by atoms with Crippen molar-refractivity contribution in [2.24, 2.45) is 5.73 Å². The van der Waals surface area contributed by atoms with Gasteiger partial charge in [-0.05, 0) is 36.3 Å². The van der Waals surface area contributed by atoms with E-state index in [1.165, 1.54) is 22.7 Å². The second-order valence-corrected chi connectivity index (χ2v) is 8.05. The van der Waals surface area contributed by atoms with E-state index < -0.39 is 23.1 Å². The molecule has 0 spiro atoms. The first-order chi connectivity index (χ1) is 17.3. The quantitative estimate of drug-likeness (QED) is 0.370. The molecule has 1 heterocycles. The first-order valence-corrected chi connectivity index (χ1v) is 11.4. The van der Waals surface area contributed by atoms with Crippen LogP contribution in [0, 0.1) is 0 Å². The lowest BCUT2D eigenvalue weighted by Gasteiger charge is -2.24. The highest BCUT2D eigenvalue weighted by atomic mass is 16.5. The summed E-state index contributed by atoms with van der Waals surface area (Å²) in [6.07, 6.45) is 4.30. The predicted molar refractivity (Wildman–Crippen MR) is 139 cm³/mol. The fourth-order valence-corrected chi connectivity index (χ4v) is 3.66. The van der Waals surface area contributed by atoms with Crippen LogP contribution in [-0.4, -0.2) is 28.5 Å². The van der Waals surface area contributed by atoms with E-state index in [0.29, 0.717) is 35.4 Å². The number of para-hydroxylation sites is 1. The standard InChI is InChI=1S/C26H29N5O5/c1-3-4-15-30-23(27)22(25(34)29-26(30)35)31(16-19-7-5-6-8-20(19)36-2)21(32)14-11-17-9-12-18(13-10-17)24(28)33/h5-14H,3-4,15-16,27H2,1-2H3,(H2,28,33)(H,29,34,35)/b14-11+. The summed E-state index contributed by atoms with van der Waals surface area (Å²) in [4.78, 5) is 53.5. The molecule has 36 heavy (non-hydrogen) atoms. The van der Waals surface area contributed by atoms with E-state index >= 15 is 0 Å². The Balaban J connectivity index is 2.07. The van der Waals surface area contributed by atoms with Crippen LogP contribution in [-0.2, 0) is 17.9 Å². The highest BCUT2D eigenvalue weighted by molar-refractivity contribution is 6.05. The lowest BCUT2D eigenvalue weighted by molar-refractivity contribution is -0.114. The molecule has 0 unspecified atom stereocenters. The molecule has 0 fully saturated rings. The molecule has 0 saturated carbocycles. The van der Waals surface area contributed by atoms with E-state index in [-0.39, 0.29) is 18.1 Å². The zero-order valence-corrected chi connectivity index (χ0v) is 20.2. The van der Waals surface area contributed by atoms with Gasteiger partial charge in [0.15, 0.2) is 5.69 Å². The van der Waals surface area contributed by atoms with Gasteiger partial charge in [-0.2, -0.15) is 0 Å². The molecule has 2 aromatic carbocycles. The van der Waals surface area contributed by atoms with Crippen molar-refractivity contribution in [1.29, 1.82) is 0 Å². The molecule has 188 valence electrons. The zero-order valence-electron chi connectivity index (χ0n) is 20.2. The maximum absolute atomic E-state index is 13.4. The van der Waals surface area contributed by atoms with E-state index in [2.05, 4.69) is 4.98 Å². The van der Waals surface area contributed by atoms with Crippen LogP contribution in [0.15, 0.2) is 64.2 Å². The van der Waals surface area contributed by atoms with Gasteiger partial charge in [-0.3, -0.25) is 28.8 Å². The normalized spacial score (nSPS) is 10.9. The Labute approximate surface area is 207 Å². The van der Waals surface area contributed by atoms with Gasteiger partial charge in [0.1, 0.15) is 11.6 Å². The Morgan fingerprint density at radius 3 is 2.44 bits per heavy atom. The van der Waals surface area contributed by atoms with Gasteiger partial charge < -0.3 is 16.2 Å². The number of amides is 2.